The van der Waals surface area contributed by atoms with Gasteiger partial charge in [-0.3, -0.25) is 10.1 Å². The second kappa shape index (κ2) is 6.10. The Kier molecular flexibility index (Phi) is 4.21. The number of allylic oxidation sites excluding steroid dienone is 1. The quantitative estimate of drug-likeness (QED) is 0.499. The maximum Gasteiger partial charge on any atom is 0.416 e. The molecule has 1 heterocycles. The zero-order valence-electron chi connectivity index (χ0n) is 11.0. The molecule has 2 aromatic rings. The summed E-state index contributed by atoms with van der Waals surface area (Å²) in [4.78, 5) is 9.95. The summed E-state index contributed by atoms with van der Waals surface area (Å²) in [5, 5.41) is 34.7. The molecule has 23 heavy (non-hydrogen) atoms. The smallest absolute Gasteiger partial charge is 0.355 e. The summed E-state index contributed by atoms with van der Waals surface area (Å²) in [6, 6.07) is 3.70. The van der Waals surface area contributed by atoms with Crippen molar-refractivity contribution in [3.05, 3.63) is 45.9 Å². The first-order valence-electron chi connectivity index (χ1n) is 5.79. The molecule has 1 aromatic carbocycles. The maximum absolute atomic E-state index is 12.6. The van der Waals surface area contributed by atoms with Gasteiger partial charge in [-0.25, -0.2) is 0 Å². The Labute approximate surface area is 125 Å². The topological polar surface area (TPSA) is 133 Å². The molecule has 0 aliphatic heterocycles. The number of nitriles is 1. The van der Waals surface area contributed by atoms with Gasteiger partial charge in [-0.2, -0.15) is 23.6 Å². The van der Waals surface area contributed by atoms with Crippen LogP contribution in [0.25, 0.3) is 5.57 Å². The molecule has 118 valence electrons. The molecule has 0 unspecified atom stereocenters. The molecule has 0 atom stereocenters. The first-order valence-corrected chi connectivity index (χ1v) is 5.79. The third-order valence-electron chi connectivity index (χ3n) is 2.60. The summed E-state index contributed by atoms with van der Waals surface area (Å²) in [5.41, 5.74) is -2.29. The number of rotatable bonds is 4. The Hall–Kier alpha value is -3.49. The number of alkyl halides is 3. The zero-order chi connectivity index (χ0) is 17.0. The van der Waals surface area contributed by atoms with Gasteiger partial charge in [0.05, 0.1) is 10.5 Å². The van der Waals surface area contributed by atoms with Gasteiger partial charge in [0, 0.05) is 12.3 Å². The van der Waals surface area contributed by atoms with Gasteiger partial charge >= 0.3 is 6.18 Å². The number of hydrogen-bond acceptors (Lipinski definition) is 7. The van der Waals surface area contributed by atoms with Gasteiger partial charge in [-0.05, 0) is 17.3 Å². The van der Waals surface area contributed by atoms with E-state index in [9.17, 15) is 23.3 Å². The molecule has 0 aliphatic rings. The second-order valence-electron chi connectivity index (χ2n) is 4.04. The zero-order valence-corrected chi connectivity index (χ0v) is 11.0. The van der Waals surface area contributed by atoms with E-state index in [1.54, 1.807) is 6.07 Å². The molecule has 2 N–H and O–H groups in total. The minimum absolute atomic E-state index is 0.0745. The number of nitrogens with one attached hydrogen (secondary N) is 2. The van der Waals surface area contributed by atoms with Gasteiger partial charge in [0.25, 0.3) is 5.69 Å². The molecular formula is C11H6F3N7O2. The molecule has 1 aromatic heterocycles. The van der Waals surface area contributed by atoms with Crippen LogP contribution < -0.4 is 5.32 Å². The number of nitrogens with zero attached hydrogens (tertiary/aromatic N) is 5. The highest BCUT2D eigenvalue weighted by atomic mass is 19.4. The number of tetrazole rings is 1. The normalized spacial score (nSPS) is 11.8. The lowest BCUT2D eigenvalue weighted by Crippen LogP contribution is -2.06. The van der Waals surface area contributed by atoms with Gasteiger partial charge < -0.3 is 5.32 Å². The largest absolute Gasteiger partial charge is 0.416 e. The van der Waals surface area contributed by atoms with Gasteiger partial charge in [-0.15, -0.1) is 10.2 Å². The van der Waals surface area contributed by atoms with Crippen molar-refractivity contribution in [2.75, 3.05) is 5.32 Å². The average Bonchev–Trinajstić information content (AvgIpc) is 3.01. The molecule has 0 bridgehead atoms. The van der Waals surface area contributed by atoms with E-state index in [0.29, 0.717) is 12.1 Å². The van der Waals surface area contributed by atoms with Crippen LogP contribution in [-0.2, 0) is 6.18 Å². The first-order chi connectivity index (χ1) is 10.8. The van der Waals surface area contributed by atoms with Crippen molar-refractivity contribution in [3.8, 4) is 6.07 Å². The number of nitro groups is 1. The third-order valence-corrected chi connectivity index (χ3v) is 2.60. The Morgan fingerprint density at radius 2 is 2.22 bits per heavy atom. The van der Waals surface area contributed by atoms with Crippen molar-refractivity contribution in [2.45, 2.75) is 6.18 Å². The molecule has 12 heteroatoms. The summed E-state index contributed by atoms with van der Waals surface area (Å²) < 4.78 is 37.8. The van der Waals surface area contributed by atoms with E-state index in [1.807, 2.05) is 0 Å². The summed E-state index contributed by atoms with van der Waals surface area (Å²) >= 11 is 0. The van der Waals surface area contributed by atoms with Gasteiger partial charge in [0.15, 0.2) is 0 Å². The van der Waals surface area contributed by atoms with Crippen molar-refractivity contribution >= 4 is 16.9 Å². The lowest BCUT2D eigenvalue weighted by atomic mass is 10.1. The molecule has 0 saturated heterocycles. The fraction of sp³-hybridized carbons (Fsp3) is 0.0909. The fourth-order valence-electron chi connectivity index (χ4n) is 1.55. The highest BCUT2D eigenvalue weighted by Crippen LogP contribution is 2.35. The number of halogens is 3. The molecule has 0 spiro atoms. The molecular weight excluding hydrogens is 319 g/mol. The third kappa shape index (κ3) is 3.59. The van der Waals surface area contributed by atoms with E-state index in [2.05, 4.69) is 25.9 Å². The van der Waals surface area contributed by atoms with Crippen LogP contribution in [0.3, 0.4) is 0 Å². The van der Waals surface area contributed by atoms with Crippen LogP contribution in [0.2, 0.25) is 0 Å². The Morgan fingerprint density at radius 1 is 1.48 bits per heavy atom. The standard InChI is InChI=1S/C11H6F3N7O2/c12-11(13,14)7-1-2-8(9(3-7)21(22)23)16-5-6(4-15)10-17-19-20-18-10/h1-3,5,16H,(H,17,18,19,20). The van der Waals surface area contributed by atoms with Crippen molar-refractivity contribution in [1.82, 2.24) is 20.6 Å². The van der Waals surface area contributed by atoms with E-state index in [4.69, 9.17) is 5.26 Å². The number of aromatic amines is 1. The number of anilines is 1. The molecule has 0 radical (unpaired) electrons. The van der Waals surface area contributed by atoms with E-state index in [-0.39, 0.29) is 17.1 Å². The van der Waals surface area contributed by atoms with Crippen LogP contribution in [-0.4, -0.2) is 25.5 Å². The fourth-order valence-corrected chi connectivity index (χ4v) is 1.55. The molecule has 0 fully saturated rings. The summed E-state index contributed by atoms with van der Waals surface area (Å²) in [5.74, 6) is -0.0745. The first kappa shape index (κ1) is 15.9. The highest BCUT2D eigenvalue weighted by Gasteiger charge is 2.32. The molecule has 0 saturated carbocycles. The average molecular weight is 325 g/mol. The maximum atomic E-state index is 12.6. The monoisotopic (exact) mass is 325 g/mol. The number of H-pyrrole nitrogens is 1. The molecule has 0 amide bonds. The highest BCUT2D eigenvalue weighted by molar-refractivity contribution is 5.75. The van der Waals surface area contributed by atoms with Crippen LogP contribution in [0.5, 0.6) is 0 Å². The van der Waals surface area contributed by atoms with Crippen molar-refractivity contribution in [3.63, 3.8) is 0 Å². The van der Waals surface area contributed by atoms with Gasteiger partial charge in [0.2, 0.25) is 5.82 Å². The van der Waals surface area contributed by atoms with Crippen LogP contribution >= 0.6 is 0 Å². The van der Waals surface area contributed by atoms with Gasteiger partial charge in [0.1, 0.15) is 17.3 Å². The number of aromatic nitrogens is 4. The predicted octanol–water partition coefficient (Wildman–Crippen LogP) is 2.10. The Morgan fingerprint density at radius 3 is 2.74 bits per heavy atom. The summed E-state index contributed by atoms with van der Waals surface area (Å²) in [7, 11) is 0. The van der Waals surface area contributed by atoms with E-state index in [0.717, 1.165) is 12.3 Å². The van der Waals surface area contributed by atoms with E-state index >= 15 is 0 Å². The lowest BCUT2D eigenvalue weighted by Gasteiger charge is -2.08. The number of nitro benzene ring substituents is 1. The Balaban J connectivity index is 2.37. The molecule has 0 aliphatic carbocycles. The van der Waals surface area contributed by atoms with Crippen LogP contribution in [0.1, 0.15) is 11.4 Å². The van der Waals surface area contributed by atoms with E-state index < -0.39 is 22.4 Å². The molecule has 9 nitrogen and oxygen atoms in total. The van der Waals surface area contributed by atoms with Crippen molar-refractivity contribution in [1.29, 1.82) is 5.26 Å². The van der Waals surface area contributed by atoms with Crippen molar-refractivity contribution in [2.24, 2.45) is 0 Å². The van der Waals surface area contributed by atoms with Crippen molar-refractivity contribution < 1.29 is 18.1 Å². The van der Waals surface area contributed by atoms with Crippen LogP contribution in [0, 0.1) is 21.4 Å². The van der Waals surface area contributed by atoms with Crippen LogP contribution in [0.4, 0.5) is 24.5 Å². The predicted molar refractivity (Wildman–Crippen MR) is 69.5 cm³/mol. The minimum Gasteiger partial charge on any atom is -0.355 e. The SMILES string of the molecule is N#CC(=CNc1ccc(C(F)(F)F)cc1[N+](=O)[O-])c1nn[nH]n1. The van der Waals surface area contributed by atoms with Crippen LogP contribution in [0.15, 0.2) is 24.4 Å². The van der Waals surface area contributed by atoms with E-state index in [1.165, 1.54) is 0 Å². The number of hydrogen-bond donors (Lipinski definition) is 2. The summed E-state index contributed by atoms with van der Waals surface area (Å²) in [6.07, 6.45) is -3.68. The molecule has 2 rings (SSSR count). The Bertz CT molecular complexity index is 793. The van der Waals surface area contributed by atoms with Gasteiger partial charge in [-0.1, -0.05) is 0 Å². The number of benzene rings is 1. The second-order valence-corrected chi connectivity index (χ2v) is 4.04. The lowest BCUT2D eigenvalue weighted by molar-refractivity contribution is -0.384. The minimum atomic E-state index is -4.71. The summed E-state index contributed by atoms with van der Waals surface area (Å²) in [6.45, 7) is 0.